The molecule has 1 fully saturated rings. The summed E-state index contributed by atoms with van der Waals surface area (Å²) in [6.07, 6.45) is 0. The van der Waals surface area contributed by atoms with Crippen LogP contribution < -0.4 is 15.4 Å². The zero-order valence-corrected chi connectivity index (χ0v) is 14.4. The molecule has 2 rings (SSSR count). The monoisotopic (exact) mass is 367 g/mol. The highest BCUT2D eigenvalue weighted by molar-refractivity contribution is 6.35. The molecule has 1 amide bonds. The molecule has 0 aromatic heterocycles. The summed E-state index contributed by atoms with van der Waals surface area (Å²) in [5.41, 5.74) is 0. The van der Waals surface area contributed by atoms with Crippen LogP contribution in [0.1, 0.15) is 0 Å². The van der Waals surface area contributed by atoms with Gasteiger partial charge in [0.2, 0.25) is 0 Å². The second-order valence-corrected chi connectivity index (χ2v) is 5.65. The van der Waals surface area contributed by atoms with Crippen molar-refractivity contribution in [3.8, 4) is 5.75 Å². The second-order valence-electron chi connectivity index (χ2n) is 4.81. The van der Waals surface area contributed by atoms with E-state index in [-0.39, 0.29) is 24.9 Å². The number of benzene rings is 1. The van der Waals surface area contributed by atoms with Crippen LogP contribution in [0.5, 0.6) is 5.75 Å². The van der Waals surface area contributed by atoms with Gasteiger partial charge >= 0.3 is 0 Å². The van der Waals surface area contributed by atoms with Crippen LogP contribution in [0.25, 0.3) is 0 Å². The first-order chi connectivity index (χ1) is 10.1. The van der Waals surface area contributed by atoms with Crippen molar-refractivity contribution in [2.24, 2.45) is 0 Å². The number of amides is 1. The van der Waals surface area contributed by atoms with Crippen LogP contribution in [0.4, 0.5) is 0 Å². The van der Waals surface area contributed by atoms with E-state index in [9.17, 15) is 4.79 Å². The SMILES string of the molecule is Cl.O=C(COc1ccc(Cl)cc1Cl)NCCN1CCNCC1. The molecule has 1 aromatic rings. The Morgan fingerprint density at radius 3 is 2.73 bits per heavy atom. The molecule has 0 aliphatic carbocycles. The Morgan fingerprint density at radius 2 is 2.05 bits per heavy atom. The molecule has 1 aromatic carbocycles. The number of carbonyl (C=O) groups is 1. The molecule has 8 heteroatoms. The smallest absolute Gasteiger partial charge is 0.257 e. The lowest BCUT2D eigenvalue weighted by molar-refractivity contribution is -0.123. The first kappa shape index (κ1) is 19.3. The molecule has 1 aliphatic heterocycles. The summed E-state index contributed by atoms with van der Waals surface area (Å²) in [6, 6.07) is 4.91. The molecule has 5 nitrogen and oxygen atoms in total. The number of carbonyl (C=O) groups excluding carboxylic acids is 1. The maximum absolute atomic E-state index is 11.7. The Labute approximate surface area is 146 Å². The number of nitrogens with zero attached hydrogens (tertiary/aromatic N) is 1. The average Bonchev–Trinajstić information content (AvgIpc) is 2.47. The van der Waals surface area contributed by atoms with Crippen LogP contribution >= 0.6 is 35.6 Å². The Morgan fingerprint density at radius 1 is 1.32 bits per heavy atom. The zero-order valence-electron chi connectivity index (χ0n) is 12.1. The summed E-state index contributed by atoms with van der Waals surface area (Å²) in [6.45, 7) is 5.48. The lowest BCUT2D eigenvalue weighted by Crippen LogP contribution is -2.46. The van der Waals surface area contributed by atoms with Gasteiger partial charge in [-0.05, 0) is 18.2 Å². The minimum Gasteiger partial charge on any atom is -0.482 e. The lowest BCUT2D eigenvalue weighted by Gasteiger charge is -2.27. The third kappa shape index (κ3) is 6.58. The Hall–Kier alpha value is -0.720. The van der Waals surface area contributed by atoms with E-state index in [4.69, 9.17) is 27.9 Å². The number of ether oxygens (including phenoxy) is 1. The highest BCUT2D eigenvalue weighted by Gasteiger charge is 2.10. The Balaban J connectivity index is 0.00000242. The van der Waals surface area contributed by atoms with Gasteiger partial charge in [0.1, 0.15) is 5.75 Å². The number of hydrogen-bond acceptors (Lipinski definition) is 4. The fourth-order valence-corrected chi connectivity index (χ4v) is 2.54. The van der Waals surface area contributed by atoms with Crippen LogP contribution in [-0.2, 0) is 4.79 Å². The number of hydrogen-bond donors (Lipinski definition) is 2. The molecule has 0 bridgehead atoms. The highest BCUT2D eigenvalue weighted by Crippen LogP contribution is 2.27. The second kappa shape index (κ2) is 10.1. The van der Waals surface area contributed by atoms with Gasteiger partial charge in [-0.1, -0.05) is 23.2 Å². The van der Waals surface area contributed by atoms with Gasteiger partial charge in [0, 0.05) is 44.3 Å². The molecule has 2 N–H and O–H groups in total. The van der Waals surface area contributed by atoms with Crippen molar-refractivity contribution in [2.75, 3.05) is 45.9 Å². The van der Waals surface area contributed by atoms with Crippen molar-refractivity contribution in [1.82, 2.24) is 15.5 Å². The summed E-state index contributed by atoms with van der Waals surface area (Å²) < 4.78 is 5.37. The van der Waals surface area contributed by atoms with Crippen molar-refractivity contribution in [1.29, 1.82) is 0 Å². The molecule has 0 saturated carbocycles. The first-order valence-corrected chi connectivity index (χ1v) is 7.68. The molecular formula is C14H20Cl3N3O2. The largest absolute Gasteiger partial charge is 0.482 e. The summed E-state index contributed by atoms with van der Waals surface area (Å²) in [5, 5.41) is 7.06. The average molecular weight is 369 g/mol. The number of rotatable bonds is 6. The van der Waals surface area contributed by atoms with Gasteiger partial charge in [0.05, 0.1) is 5.02 Å². The molecule has 0 atom stereocenters. The van der Waals surface area contributed by atoms with Gasteiger partial charge in [-0.25, -0.2) is 0 Å². The van der Waals surface area contributed by atoms with Crippen molar-refractivity contribution in [3.05, 3.63) is 28.2 Å². The summed E-state index contributed by atoms with van der Waals surface area (Å²) in [4.78, 5) is 14.0. The fraction of sp³-hybridized carbons (Fsp3) is 0.500. The molecule has 1 aliphatic rings. The summed E-state index contributed by atoms with van der Waals surface area (Å²) >= 11 is 11.8. The number of nitrogens with one attached hydrogen (secondary N) is 2. The van der Waals surface area contributed by atoms with Gasteiger partial charge in [-0.15, -0.1) is 12.4 Å². The van der Waals surface area contributed by atoms with Gasteiger partial charge < -0.3 is 15.4 Å². The number of halogens is 3. The van der Waals surface area contributed by atoms with E-state index in [1.807, 2.05) is 0 Å². The standard InChI is InChI=1S/C14H19Cl2N3O2.ClH/c15-11-1-2-13(12(16)9-11)21-10-14(20)18-5-8-19-6-3-17-4-7-19;/h1-2,9,17H,3-8,10H2,(H,18,20);1H. The summed E-state index contributed by atoms with van der Waals surface area (Å²) in [7, 11) is 0. The van der Waals surface area contributed by atoms with E-state index in [0.29, 0.717) is 22.3 Å². The first-order valence-electron chi connectivity index (χ1n) is 6.93. The quantitative estimate of drug-likeness (QED) is 0.804. The van der Waals surface area contributed by atoms with E-state index in [1.54, 1.807) is 18.2 Å². The van der Waals surface area contributed by atoms with Gasteiger partial charge in [-0.3, -0.25) is 9.69 Å². The van der Waals surface area contributed by atoms with Crippen LogP contribution in [-0.4, -0.2) is 56.7 Å². The Bertz CT molecular complexity index is 482. The topological polar surface area (TPSA) is 53.6 Å². The molecule has 1 saturated heterocycles. The molecule has 0 spiro atoms. The molecule has 1 heterocycles. The third-order valence-electron chi connectivity index (χ3n) is 3.21. The maximum Gasteiger partial charge on any atom is 0.257 e. The fourth-order valence-electron chi connectivity index (χ4n) is 2.07. The normalized spacial score (nSPS) is 15.0. The predicted octanol–water partition coefficient (Wildman–Crippen LogP) is 1.82. The zero-order chi connectivity index (χ0) is 15.1. The van der Waals surface area contributed by atoms with E-state index >= 15 is 0 Å². The highest BCUT2D eigenvalue weighted by atomic mass is 35.5. The molecule has 0 unspecified atom stereocenters. The van der Waals surface area contributed by atoms with Gasteiger partial charge in [0.25, 0.3) is 5.91 Å². The van der Waals surface area contributed by atoms with Crippen LogP contribution in [0.3, 0.4) is 0 Å². The van der Waals surface area contributed by atoms with Crippen molar-refractivity contribution in [2.45, 2.75) is 0 Å². The van der Waals surface area contributed by atoms with Crippen LogP contribution in [0.15, 0.2) is 18.2 Å². The third-order valence-corrected chi connectivity index (χ3v) is 3.74. The van der Waals surface area contributed by atoms with Crippen LogP contribution in [0, 0.1) is 0 Å². The lowest BCUT2D eigenvalue weighted by atomic mass is 10.3. The molecule has 22 heavy (non-hydrogen) atoms. The minimum atomic E-state index is -0.156. The van der Waals surface area contributed by atoms with Crippen molar-refractivity contribution < 1.29 is 9.53 Å². The van der Waals surface area contributed by atoms with E-state index in [0.717, 1.165) is 32.7 Å². The molecule has 0 radical (unpaired) electrons. The van der Waals surface area contributed by atoms with Crippen molar-refractivity contribution >= 4 is 41.5 Å². The number of piperazine rings is 1. The minimum absolute atomic E-state index is 0. The Kier molecular flexibility index (Phi) is 8.90. The predicted molar refractivity (Wildman–Crippen MR) is 91.5 cm³/mol. The molecular weight excluding hydrogens is 349 g/mol. The van der Waals surface area contributed by atoms with E-state index in [2.05, 4.69) is 15.5 Å². The summed E-state index contributed by atoms with van der Waals surface area (Å²) in [5.74, 6) is 0.300. The van der Waals surface area contributed by atoms with Crippen molar-refractivity contribution in [3.63, 3.8) is 0 Å². The van der Waals surface area contributed by atoms with Crippen LogP contribution in [0.2, 0.25) is 10.0 Å². The van der Waals surface area contributed by atoms with E-state index < -0.39 is 0 Å². The maximum atomic E-state index is 11.7. The van der Waals surface area contributed by atoms with Gasteiger partial charge in [0.15, 0.2) is 6.61 Å². The van der Waals surface area contributed by atoms with E-state index in [1.165, 1.54) is 0 Å². The molecule has 124 valence electrons. The van der Waals surface area contributed by atoms with Gasteiger partial charge in [-0.2, -0.15) is 0 Å².